The number of benzene rings is 1. The lowest BCUT2D eigenvalue weighted by Crippen LogP contribution is -2.13. The van der Waals surface area contributed by atoms with Crippen molar-refractivity contribution in [3.05, 3.63) is 40.9 Å². The average Bonchev–Trinajstić information content (AvgIpc) is 2.97. The van der Waals surface area contributed by atoms with Gasteiger partial charge in [-0.2, -0.15) is 5.26 Å². The van der Waals surface area contributed by atoms with Gasteiger partial charge in [-0.1, -0.05) is 6.07 Å². The predicted molar refractivity (Wildman–Crippen MR) is 79.0 cm³/mol. The molecule has 21 heavy (non-hydrogen) atoms. The number of thiazole rings is 1. The highest BCUT2D eigenvalue weighted by atomic mass is 32.1. The number of nitrogens with one attached hydrogen (secondary N) is 1. The van der Waals surface area contributed by atoms with E-state index in [1.807, 2.05) is 6.07 Å². The molecule has 0 bridgehead atoms. The quantitative estimate of drug-likeness (QED) is 0.668. The van der Waals surface area contributed by atoms with Gasteiger partial charge in [0.2, 0.25) is 0 Å². The first kappa shape index (κ1) is 14.6. The molecule has 0 saturated carbocycles. The standard InChI is InChI=1S/C14H11N3O3S/c1-20-12-3-2-9(7-11(12)18)6-10(8-15)13(19)17-14-16-4-5-21-14/h2-7,18H,1H3,(H,16,17,19)/b10-6-. The smallest absolute Gasteiger partial charge is 0.268 e. The molecule has 0 aliphatic carbocycles. The van der Waals surface area contributed by atoms with Crippen LogP contribution in [0.15, 0.2) is 35.3 Å². The number of amides is 1. The van der Waals surface area contributed by atoms with Gasteiger partial charge < -0.3 is 9.84 Å². The molecule has 1 aromatic carbocycles. The van der Waals surface area contributed by atoms with E-state index in [4.69, 9.17) is 10.00 Å². The minimum absolute atomic E-state index is 0.0659. The largest absolute Gasteiger partial charge is 0.504 e. The summed E-state index contributed by atoms with van der Waals surface area (Å²) in [6.45, 7) is 0. The number of phenols is 1. The zero-order valence-corrected chi connectivity index (χ0v) is 11.8. The number of aromatic hydroxyl groups is 1. The van der Waals surface area contributed by atoms with Crippen molar-refractivity contribution in [1.29, 1.82) is 5.26 Å². The number of hydrogen-bond donors (Lipinski definition) is 2. The monoisotopic (exact) mass is 301 g/mol. The number of phenolic OH excluding ortho intramolecular Hbond substituents is 1. The first-order valence-electron chi connectivity index (χ1n) is 5.83. The summed E-state index contributed by atoms with van der Waals surface area (Å²) in [6.07, 6.45) is 2.93. The van der Waals surface area contributed by atoms with E-state index in [-0.39, 0.29) is 11.3 Å². The number of carbonyl (C=O) groups excluding carboxylic acids is 1. The molecule has 0 aliphatic heterocycles. The van der Waals surface area contributed by atoms with Gasteiger partial charge in [0.15, 0.2) is 16.6 Å². The maximum atomic E-state index is 11.9. The molecule has 2 rings (SSSR count). The molecule has 6 nitrogen and oxygen atoms in total. The van der Waals surface area contributed by atoms with E-state index >= 15 is 0 Å². The summed E-state index contributed by atoms with van der Waals surface area (Å²) in [5.74, 6) is -0.301. The summed E-state index contributed by atoms with van der Waals surface area (Å²) >= 11 is 1.26. The van der Waals surface area contributed by atoms with Gasteiger partial charge >= 0.3 is 0 Å². The molecule has 0 radical (unpaired) electrons. The molecule has 106 valence electrons. The number of hydrogen-bond acceptors (Lipinski definition) is 6. The van der Waals surface area contributed by atoms with Gasteiger partial charge in [-0.05, 0) is 23.8 Å². The molecule has 0 fully saturated rings. The highest BCUT2D eigenvalue weighted by molar-refractivity contribution is 7.13. The van der Waals surface area contributed by atoms with Crippen molar-refractivity contribution < 1.29 is 14.6 Å². The van der Waals surface area contributed by atoms with Gasteiger partial charge in [0.05, 0.1) is 7.11 Å². The maximum Gasteiger partial charge on any atom is 0.268 e. The van der Waals surface area contributed by atoms with Crippen molar-refractivity contribution in [3.8, 4) is 17.6 Å². The summed E-state index contributed by atoms with van der Waals surface area (Å²) in [4.78, 5) is 15.8. The van der Waals surface area contributed by atoms with E-state index in [0.717, 1.165) is 0 Å². The fourth-order valence-electron chi connectivity index (χ4n) is 1.56. The molecule has 1 amide bonds. The van der Waals surface area contributed by atoms with E-state index in [9.17, 15) is 9.90 Å². The average molecular weight is 301 g/mol. The number of ether oxygens (including phenoxy) is 1. The normalized spacial score (nSPS) is 10.8. The lowest BCUT2D eigenvalue weighted by Gasteiger charge is -2.04. The second-order valence-corrected chi connectivity index (χ2v) is 4.79. The van der Waals surface area contributed by atoms with Crippen LogP contribution >= 0.6 is 11.3 Å². The molecule has 1 heterocycles. The van der Waals surface area contributed by atoms with Crippen molar-refractivity contribution in [3.63, 3.8) is 0 Å². The summed E-state index contributed by atoms with van der Waals surface area (Å²) in [5, 5.41) is 23.4. The highest BCUT2D eigenvalue weighted by Gasteiger charge is 2.11. The molecule has 2 aromatic rings. The van der Waals surface area contributed by atoms with Crippen molar-refractivity contribution in [2.75, 3.05) is 12.4 Å². The minimum Gasteiger partial charge on any atom is -0.504 e. The van der Waals surface area contributed by atoms with Gasteiger partial charge in [0, 0.05) is 11.6 Å². The SMILES string of the molecule is COc1ccc(/C=C(/C#N)C(=O)Nc2nccs2)cc1O. The van der Waals surface area contributed by atoms with E-state index in [2.05, 4.69) is 10.3 Å². The summed E-state index contributed by atoms with van der Waals surface area (Å²) in [6, 6.07) is 6.42. The van der Waals surface area contributed by atoms with Crippen molar-refractivity contribution >= 4 is 28.5 Å². The molecule has 0 saturated heterocycles. The summed E-state index contributed by atoms with van der Waals surface area (Å²) < 4.78 is 4.93. The van der Waals surface area contributed by atoms with Crippen molar-refractivity contribution in [2.24, 2.45) is 0 Å². The molecule has 0 unspecified atom stereocenters. The summed E-state index contributed by atoms with van der Waals surface area (Å²) in [7, 11) is 1.44. The molecule has 1 aromatic heterocycles. The Morgan fingerprint density at radius 3 is 2.95 bits per heavy atom. The van der Waals surface area contributed by atoms with Crippen LogP contribution in [0.1, 0.15) is 5.56 Å². The van der Waals surface area contributed by atoms with Crippen molar-refractivity contribution in [2.45, 2.75) is 0 Å². The van der Waals surface area contributed by atoms with Crippen LogP contribution in [0.2, 0.25) is 0 Å². The van der Waals surface area contributed by atoms with Crippen LogP contribution in [0, 0.1) is 11.3 Å². The number of methoxy groups -OCH3 is 1. The number of carbonyl (C=O) groups is 1. The third kappa shape index (κ3) is 3.58. The van der Waals surface area contributed by atoms with Crippen LogP contribution in [-0.2, 0) is 4.79 Å². The summed E-state index contributed by atoms with van der Waals surface area (Å²) in [5.41, 5.74) is 0.425. The molecule has 2 N–H and O–H groups in total. The Balaban J connectivity index is 2.22. The fraction of sp³-hybridized carbons (Fsp3) is 0.0714. The Hall–Kier alpha value is -2.85. The van der Waals surface area contributed by atoms with Gasteiger partial charge in [-0.15, -0.1) is 11.3 Å². The zero-order chi connectivity index (χ0) is 15.2. The number of rotatable bonds is 4. The lowest BCUT2D eigenvalue weighted by molar-refractivity contribution is -0.112. The third-order valence-electron chi connectivity index (χ3n) is 2.53. The second kappa shape index (κ2) is 6.54. The van der Waals surface area contributed by atoms with Crippen molar-refractivity contribution in [1.82, 2.24) is 4.98 Å². The van der Waals surface area contributed by atoms with Gasteiger partial charge in [0.25, 0.3) is 5.91 Å². The first-order chi connectivity index (χ1) is 10.1. The topological polar surface area (TPSA) is 95.2 Å². The van der Waals surface area contributed by atoms with Crippen LogP contribution in [0.4, 0.5) is 5.13 Å². The first-order valence-corrected chi connectivity index (χ1v) is 6.71. The maximum absolute atomic E-state index is 11.9. The zero-order valence-electron chi connectivity index (χ0n) is 11.0. The third-order valence-corrected chi connectivity index (χ3v) is 3.22. The Bertz CT molecular complexity index is 718. The molecule has 0 atom stereocenters. The fourth-order valence-corrected chi connectivity index (χ4v) is 2.09. The van der Waals surface area contributed by atoms with Gasteiger partial charge in [-0.3, -0.25) is 10.1 Å². The predicted octanol–water partition coefficient (Wildman–Crippen LogP) is 2.40. The Morgan fingerprint density at radius 2 is 2.38 bits per heavy atom. The Kier molecular flexibility index (Phi) is 4.53. The molecule has 0 aliphatic rings. The van der Waals surface area contributed by atoms with E-state index in [0.29, 0.717) is 16.4 Å². The highest BCUT2D eigenvalue weighted by Crippen LogP contribution is 2.27. The Labute approximate surface area is 124 Å². The van der Waals surface area contributed by atoms with E-state index in [1.165, 1.54) is 30.6 Å². The van der Waals surface area contributed by atoms with E-state index < -0.39 is 5.91 Å². The van der Waals surface area contributed by atoms with Gasteiger partial charge in [0.1, 0.15) is 11.6 Å². The van der Waals surface area contributed by atoms with Crippen LogP contribution < -0.4 is 10.1 Å². The van der Waals surface area contributed by atoms with Gasteiger partial charge in [-0.25, -0.2) is 4.98 Å². The van der Waals surface area contributed by atoms with Crippen LogP contribution in [0.5, 0.6) is 11.5 Å². The number of anilines is 1. The van der Waals surface area contributed by atoms with Crippen LogP contribution in [0.25, 0.3) is 6.08 Å². The second-order valence-electron chi connectivity index (χ2n) is 3.89. The number of nitrogens with zero attached hydrogens (tertiary/aromatic N) is 2. The number of aromatic nitrogens is 1. The van der Waals surface area contributed by atoms with E-state index in [1.54, 1.807) is 23.7 Å². The van der Waals surface area contributed by atoms with Crippen LogP contribution in [0.3, 0.4) is 0 Å². The van der Waals surface area contributed by atoms with Crippen LogP contribution in [-0.4, -0.2) is 23.1 Å². The Morgan fingerprint density at radius 1 is 1.57 bits per heavy atom. The molecule has 7 heteroatoms. The number of nitriles is 1. The molecular formula is C14H11N3O3S. The lowest BCUT2D eigenvalue weighted by atomic mass is 10.1. The molecular weight excluding hydrogens is 290 g/mol. The molecule has 0 spiro atoms. The minimum atomic E-state index is -0.553.